The number of anilines is 3. The lowest BCUT2D eigenvalue weighted by Crippen LogP contribution is -2.31. The highest BCUT2D eigenvalue weighted by Crippen LogP contribution is 2.37. The molecule has 1 aliphatic heterocycles. The van der Waals surface area contributed by atoms with Gasteiger partial charge in [0.1, 0.15) is 13.2 Å². The Morgan fingerprint density at radius 2 is 1.61 bits per heavy atom. The quantitative estimate of drug-likeness (QED) is 0.536. The zero-order valence-electron chi connectivity index (χ0n) is 18.9. The summed E-state index contributed by atoms with van der Waals surface area (Å²) in [4.78, 5) is 27.4. The normalized spacial score (nSPS) is 12.5. The van der Waals surface area contributed by atoms with Gasteiger partial charge in [-0.3, -0.25) is 15.0 Å². The van der Waals surface area contributed by atoms with Crippen LogP contribution in [0.5, 0.6) is 0 Å². The molecular formula is C27H28N2O4. The van der Waals surface area contributed by atoms with Crippen molar-refractivity contribution in [3.63, 3.8) is 0 Å². The van der Waals surface area contributed by atoms with E-state index in [1.54, 1.807) is 4.90 Å². The van der Waals surface area contributed by atoms with E-state index in [2.05, 4.69) is 5.32 Å². The van der Waals surface area contributed by atoms with Crippen LogP contribution >= 0.6 is 0 Å². The Hall–Kier alpha value is -3.64. The average molecular weight is 445 g/mol. The summed E-state index contributed by atoms with van der Waals surface area (Å²) < 4.78 is 11.0. The van der Waals surface area contributed by atoms with E-state index in [-0.39, 0.29) is 25.2 Å². The summed E-state index contributed by atoms with van der Waals surface area (Å²) in [5, 5.41) is 2.79. The molecule has 2 amide bonds. The summed E-state index contributed by atoms with van der Waals surface area (Å²) in [7, 11) is 0. The molecule has 3 aromatic rings. The molecule has 1 heterocycles. The van der Waals surface area contributed by atoms with Gasteiger partial charge in [-0.1, -0.05) is 54.6 Å². The van der Waals surface area contributed by atoms with E-state index in [1.165, 1.54) is 0 Å². The van der Waals surface area contributed by atoms with Crippen molar-refractivity contribution < 1.29 is 19.1 Å². The van der Waals surface area contributed by atoms with Crippen LogP contribution in [0.15, 0.2) is 72.8 Å². The van der Waals surface area contributed by atoms with Crippen molar-refractivity contribution in [3.05, 3.63) is 89.5 Å². The summed E-state index contributed by atoms with van der Waals surface area (Å²) in [6.45, 7) is 3.96. The summed E-state index contributed by atoms with van der Waals surface area (Å²) in [5.41, 5.74) is 5.20. The third-order valence-electron chi connectivity index (χ3n) is 5.47. The largest absolute Gasteiger partial charge is 0.444 e. The third kappa shape index (κ3) is 5.59. The summed E-state index contributed by atoms with van der Waals surface area (Å²) >= 11 is 0. The second-order valence-corrected chi connectivity index (χ2v) is 8.25. The minimum absolute atomic E-state index is 0.0256. The van der Waals surface area contributed by atoms with E-state index >= 15 is 0 Å². The van der Waals surface area contributed by atoms with Gasteiger partial charge in [0.05, 0.1) is 17.5 Å². The van der Waals surface area contributed by atoms with E-state index in [0.717, 1.165) is 40.9 Å². The molecule has 3 aromatic carbocycles. The fourth-order valence-corrected chi connectivity index (χ4v) is 3.85. The second-order valence-electron chi connectivity index (χ2n) is 8.25. The van der Waals surface area contributed by atoms with Gasteiger partial charge in [-0.05, 0) is 61.6 Å². The maximum Gasteiger partial charge on any atom is 0.411 e. The zero-order chi connectivity index (χ0) is 23.2. The number of carbonyl (C=O) groups is 2. The second kappa shape index (κ2) is 10.3. The number of rotatable bonds is 6. The summed E-state index contributed by atoms with van der Waals surface area (Å²) in [6.07, 6.45) is 1.01. The van der Waals surface area contributed by atoms with E-state index in [1.807, 2.05) is 86.6 Å². The lowest BCUT2D eigenvalue weighted by atomic mass is 10.0. The molecule has 33 heavy (non-hydrogen) atoms. The highest BCUT2D eigenvalue weighted by Gasteiger charge is 2.26. The van der Waals surface area contributed by atoms with Gasteiger partial charge >= 0.3 is 6.09 Å². The number of nitrogens with zero attached hydrogens (tertiary/aromatic N) is 1. The molecule has 0 radical (unpaired) electrons. The molecule has 1 N–H and O–H groups in total. The number of para-hydroxylation sites is 1. The predicted molar refractivity (Wildman–Crippen MR) is 129 cm³/mol. The monoisotopic (exact) mass is 444 g/mol. The van der Waals surface area contributed by atoms with Gasteiger partial charge in [0, 0.05) is 5.69 Å². The van der Waals surface area contributed by atoms with Crippen LogP contribution in [0.1, 0.15) is 30.5 Å². The topological polar surface area (TPSA) is 67.9 Å². The number of amides is 2. The van der Waals surface area contributed by atoms with Gasteiger partial charge in [-0.15, -0.1) is 0 Å². The van der Waals surface area contributed by atoms with Gasteiger partial charge in [0.15, 0.2) is 0 Å². The molecule has 0 spiro atoms. The predicted octanol–water partition coefficient (Wildman–Crippen LogP) is 5.62. The van der Waals surface area contributed by atoms with Gasteiger partial charge < -0.3 is 9.47 Å². The number of hydrogen-bond donors (Lipinski definition) is 1. The minimum Gasteiger partial charge on any atom is -0.444 e. The Morgan fingerprint density at radius 1 is 0.909 bits per heavy atom. The SMILES string of the molecule is CC(C)OCC(=O)N1c2ccccc2CCc2ccc(NC(=O)OCc3ccccc3)cc21. The van der Waals surface area contributed by atoms with Crippen molar-refractivity contribution in [1.82, 2.24) is 0 Å². The van der Waals surface area contributed by atoms with E-state index in [4.69, 9.17) is 9.47 Å². The first-order valence-corrected chi connectivity index (χ1v) is 11.1. The van der Waals surface area contributed by atoms with Gasteiger partial charge in [-0.2, -0.15) is 0 Å². The number of carbonyl (C=O) groups excluding carboxylic acids is 2. The highest BCUT2D eigenvalue weighted by atomic mass is 16.5. The molecule has 0 saturated heterocycles. The summed E-state index contributed by atoms with van der Waals surface area (Å²) in [6, 6.07) is 23.0. The average Bonchev–Trinajstić information content (AvgIpc) is 2.98. The minimum atomic E-state index is -0.547. The number of hydrogen-bond acceptors (Lipinski definition) is 4. The molecule has 1 aliphatic rings. The van der Waals surface area contributed by atoms with Crippen LogP contribution in [0, 0.1) is 0 Å². The molecule has 0 saturated carbocycles. The molecule has 0 unspecified atom stereocenters. The van der Waals surface area contributed by atoms with E-state index in [0.29, 0.717) is 5.69 Å². The molecule has 0 atom stereocenters. The lowest BCUT2D eigenvalue weighted by molar-refractivity contribution is -0.123. The van der Waals surface area contributed by atoms with Crippen LogP contribution in [0.3, 0.4) is 0 Å². The Morgan fingerprint density at radius 3 is 2.36 bits per heavy atom. The van der Waals surface area contributed by atoms with Crippen molar-refractivity contribution in [1.29, 1.82) is 0 Å². The van der Waals surface area contributed by atoms with E-state index < -0.39 is 6.09 Å². The van der Waals surface area contributed by atoms with Crippen molar-refractivity contribution in [2.24, 2.45) is 0 Å². The fraction of sp³-hybridized carbons (Fsp3) is 0.259. The standard InChI is InChI=1S/C27H28N2O4/c1-19(2)32-18-26(30)29-24-11-7-6-10-21(24)12-13-22-14-15-23(16-25(22)29)28-27(31)33-17-20-8-4-3-5-9-20/h3-11,14-16,19H,12-13,17-18H2,1-2H3,(H,28,31). The Bertz CT molecular complexity index is 1130. The first kappa shape index (κ1) is 22.6. The van der Waals surface area contributed by atoms with Crippen LogP contribution < -0.4 is 10.2 Å². The first-order chi connectivity index (χ1) is 16.0. The molecule has 0 fully saturated rings. The Kier molecular flexibility index (Phi) is 7.05. The summed E-state index contributed by atoms with van der Waals surface area (Å²) in [5.74, 6) is -0.150. The fourth-order valence-electron chi connectivity index (χ4n) is 3.85. The van der Waals surface area contributed by atoms with Crippen molar-refractivity contribution in [3.8, 4) is 0 Å². The van der Waals surface area contributed by atoms with Crippen LogP contribution in [-0.2, 0) is 33.7 Å². The number of nitrogens with one attached hydrogen (secondary N) is 1. The first-order valence-electron chi connectivity index (χ1n) is 11.1. The molecule has 4 rings (SSSR count). The van der Waals surface area contributed by atoms with Crippen LogP contribution in [0.2, 0.25) is 0 Å². The molecule has 6 nitrogen and oxygen atoms in total. The Balaban J connectivity index is 1.58. The molecular weight excluding hydrogens is 416 g/mol. The Labute approximate surface area is 194 Å². The van der Waals surface area contributed by atoms with Crippen molar-refractivity contribution in [2.45, 2.75) is 39.4 Å². The van der Waals surface area contributed by atoms with Gasteiger partial charge in [0.25, 0.3) is 5.91 Å². The smallest absolute Gasteiger partial charge is 0.411 e. The number of benzene rings is 3. The maximum absolute atomic E-state index is 13.3. The molecule has 6 heteroatoms. The van der Waals surface area contributed by atoms with Crippen LogP contribution in [0.4, 0.5) is 21.9 Å². The number of fused-ring (bicyclic) bond motifs is 2. The highest BCUT2D eigenvalue weighted by molar-refractivity contribution is 6.03. The molecule has 0 aliphatic carbocycles. The molecule has 0 bridgehead atoms. The number of aryl methyl sites for hydroxylation is 2. The molecule has 170 valence electrons. The maximum atomic E-state index is 13.3. The van der Waals surface area contributed by atoms with Gasteiger partial charge in [-0.25, -0.2) is 4.79 Å². The van der Waals surface area contributed by atoms with Crippen LogP contribution in [-0.4, -0.2) is 24.7 Å². The van der Waals surface area contributed by atoms with E-state index in [9.17, 15) is 9.59 Å². The van der Waals surface area contributed by atoms with Gasteiger partial charge in [0.2, 0.25) is 0 Å². The molecule has 0 aromatic heterocycles. The zero-order valence-corrected chi connectivity index (χ0v) is 18.9. The third-order valence-corrected chi connectivity index (χ3v) is 5.47. The van der Waals surface area contributed by atoms with Crippen molar-refractivity contribution in [2.75, 3.05) is 16.8 Å². The van der Waals surface area contributed by atoms with Crippen molar-refractivity contribution >= 4 is 29.1 Å². The van der Waals surface area contributed by atoms with Crippen LogP contribution in [0.25, 0.3) is 0 Å². The lowest BCUT2D eigenvalue weighted by Gasteiger charge is -2.26. The number of ether oxygens (including phenoxy) is 2.